The van der Waals surface area contributed by atoms with Gasteiger partial charge in [-0.25, -0.2) is 8.42 Å². The second kappa shape index (κ2) is 6.72. The fraction of sp³-hybridized carbons (Fsp3) is 0.300. The Morgan fingerprint density at radius 1 is 1.12 bits per heavy atom. The highest BCUT2D eigenvalue weighted by atomic mass is 35.5. The Morgan fingerprint density at radius 3 is 2.58 bits per heavy atom. The average molecular weight is 389 g/mol. The molecule has 6 heteroatoms. The van der Waals surface area contributed by atoms with Crippen LogP contribution in [0.2, 0.25) is 5.02 Å². The molecule has 3 aromatic rings. The van der Waals surface area contributed by atoms with Gasteiger partial charge in [-0.3, -0.25) is 0 Å². The number of halogens is 1. The molecule has 0 bridgehead atoms. The topological polar surface area (TPSA) is 53.2 Å². The lowest BCUT2D eigenvalue weighted by Crippen LogP contribution is -2.38. The van der Waals surface area contributed by atoms with Crippen LogP contribution in [0.25, 0.3) is 10.9 Å². The van der Waals surface area contributed by atoms with Gasteiger partial charge in [-0.1, -0.05) is 35.9 Å². The number of benzene rings is 2. The predicted molar refractivity (Wildman–Crippen MR) is 105 cm³/mol. The lowest BCUT2D eigenvalue weighted by Gasteiger charge is -2.31. The van der Waals surface area contributed by atoms with Gasteiger partial charge in [0.05, 0.1) is 4.90 Å². The van der Waals surface area contributed by atoms with Crippen LogP contribution in [0.4, 0.5) is 0 Å². The normalized spacial score (nSPS) is 17.0. The summed E-state index contributed by atoms with van der Waals surface area (Å²) in [7, 11) is -3.42. The third-order valence-electron chi connectivity index (χ3n) is 5.28. The summed E-state index contributed by atoms with van der Waals surface area (Å²) in [6.07, 6.45) is 3.68. The van der Waals surface area contributed by atoms with Gasteiger partial charge in [-0.2, -0.15) is 4.31 Å². The van der Waals surface area contributed by atoms with Crippen molar-refractivity contribution in [2.45, 2.75) is 30.6 Å². The van der Waals surface area contributed by atoms with Crippen LogP contribution in [0.3, 0.4) is 0 Å². The number of fused-ring (bicyclic) bond motifs is 1. The van der Waals surface area contributed by atoms with E-state index in [1.807, 2.05) is 43.5 Å². The van der Waals surface area contributed by atoms with E-state index in [2.05, 4.69) is 4.98 Å². The van der Waals surface area contributed by atoms with Crippen molar-refractivity contribution in [2.24, 2.45) is 0 Å². The zero-order valence-electron chi connectivity index (χ0n) is 14.6. The minimum atomic E-state index is -3.42. The number of nitrogens with one attached hydrogen (secondary N) is 1. The van der Waals surface area contributed by atoms with Gasteiger partial charge in [0.2, 0.25) is 10.0 Å². The summed E-state index contributed by atoms with van der Waals surface area (Å²) >= 11 is 6.06. The first-order chi connectivity index (χ1) is 12.5. The summed E-state index contributed by atoms with van der Waals surface area (Å²) in [4.78, 5) is 3.70. The fourth-order valence-electron chi connectivity index (χ4n) is 3.85. The first kappa shape index (κ1) is 17.6. The molecule has 1 fully saturated rings. The second-order valence-corrected chi connectivity index (χ2v) is 9.22. The summed E-state index contributed by atoms with van der Waals surface area (Å²) < 4.78 is 27.5. The van der Waals surface area contributed by atoms with Crippen LogP contribution >= 0.6 is 11.6 Å². The number of hydrogen-bond donors (Lipinski definition) is 1. The van der Waals surface area contributed by atoms with Gasteiger partial charge in [0.25, 0.3) is 0 Å². The molecule has 2 aromatic carbocycles. The van der Waals surface area contributed by atoms with Crippen molar-refractivity contribution >= 4 is 32.5 Å². The minimum absolute atomic E-state index is 0.355. The molecule has 0 spiro atoms. The average Bonchev–Trinajstić information content (AvgIpc) is 3.05. The molecule has 1 aliphatic rings. The third-order valence-corrected chi connectivity index (χ3v) is 7.57. The predicted octanol–water partition coefficient (Wildman–Crippen LogP) is 4.70. The number of sulfonamides is 1. The molecule has 1 saturated heterocycles. The van der Waals surface area contributed by atoms with Crippen LogP contribution < -0.4 is 0 Å². The molecule has 2 heterocycles. The lowest BCUT2D eigenvalue weighted by molar-refractivity contribution is 0.320. The van der Waals surface area contributed by atoms with Crippen LogP contribution in [0, 0.1) is 6.92 Å². The molecule has 0 radical (unpaired) electrons. The summed E-state index contributed by atoms with van der Waals surface area (Å²) in [5, 5.41) is 1.89. The zero-order valence-corrected chi connectivity index (χ0v) is 16.1. The first-order valence-corrected chi connectivity index (χ1v) is 10.6. The third kappa shape index (κ3) is 3.04. The Kier molecular flexibility index (Phi) is 4.55. The number of aryl methyl sites for hydroxylation is 1. The monoisotopic (exact) mass is 388 g/mol. The van der Waals surface area contributed by atoms with Crippen LogP contribution in [0.15, 0.2) is 53.6 Å². The lowest BCUT2D eigenvalue weighted by atomic mass is 9.90. The molecule has 0 atom stereocenters. The number of rotatable bonds is 3. The molecule has 0 amide bonds. The molecule has 4 rings (SSSR count). The van der Waals surface area contributed by atoms with E-state index in [1.54, 1.807) is 16.4 Å². The van der Waals surface area contributed by atoms with Crippen molar-refractivity contribution in [1.82, 2.24) is 9.29 Å². The van der Waals surface area contributed by atoms with Gasteiger partial charge in [0, 0.05) is 35.2 Å². The SMILES string of the molecule is Cc1ccccc1S(=O)(=O)N1CCC(c2c[nH]c3cc(Cl)ccc23)CC1. The first-order valence-electron chi connectivity index (χ1n) is 8.79. The van der Waals surface area contributed by atoms with Crippen molar-refractivity contribution < 1.29 is 8.42 Å². The molecule has 1 aliphatic heterocycles. The molecular weight excluding hydrogens is 368 g/mol. The largest absolute Gasteiger partial charge is 0.361 e. The van der Waals surface area contributed by atoms with E-state index in [-0.39, 0.29) is 0 Å². The molecular formula is C20H21ClN2O2S. The van der Waals surface area contributed by atoms with E-state index in [4.69, 9.17) is 11.6 Å². The number of aromatic amines is 1. The van der Waals surface area contributed by atoms with Gasteiger partial charge < -0.3 is 4.98 Å². The summed E-state index contributed by atoms with van der Waals surface area (Å²) in [6.45, 7) is 2.93. The van der Waals surface area contributed by atoms with Crippen LogP contribution in [-0.4, -0.2) is 30.8 Å². The van der Waals surface area contributed by atoms with Crippen molar-refractivity contribution in [3.8, 4) is 0 Å². The zero-order chi connectivity index (χ0) is 18.3. The van der Waals surface area contributed by atoms with E-state index in [0.717, 1.165) is 23.9 Å². The van der Waals surface area contributed by atoms with E-state index < -0.39 is 10.0 Å². The molecule has 1 aromatic heterocycles. The van der Waals surface area contributed by atoms with Crippen LogP contribution in [-0.2, 0) is 10.0 Å². The van der Waals surface area contributed by atoms with Gasteiger partial charge in [-0.05, 0) is 55.0 Å². The summed E-state index contributed by atoms with van der Waals surface area (Å²) in [6, 6.07) is 13.1. The number of nitrogens with zero attached hydrogens (tertiary/aromatic N) is 1. The maximum Gasteiger partial charge on any atom is 0.243 e. The molecule has 26 heavy (non-hydrogen) atoms. The van der Waals surface area contributed by atoms with Gasteiger partial charge in [0.1, 0.15) is 0 Å². The maximum atomic E-state index is 13.0. The van der Waals surface area contributed by atoms with Crippen molar-refractivity contribution in [1.29, 1.82) is 0 Å². The van der Waals surface area contributed by atoms with E-state index >= 15 is 0 Å². The molecule has 0 unspecified atom stereocenters. The van der Waals surface area contributed by atoms with Crippen molar-refractivity contribution in [3.05, 3.63) is 64.8 Å². The Hall–Kier alpha value is -1.82. The smallest absolute Gasteiger partial charge is 0.243 e. The molecule has 0 saturated carbocycles. The van der Waals surface area contributed by atoms with Gasteiger partial charge >= 0.3 is 0 Å². The van der Waals surface area contributed by atoms with E-state index in [1.165, 1.54) is 10.9 Å². The summed E-state index contributed by atoms with van der Waals surface area (Å²) in [5.74, 6) is 0.355. The van der Waals surface area contributed by atoms with Crippen molar-refractivity contribution in [2.75, 3.05) is 13.1 Å². The number of H-pyrrole nitrogens is 1. The Bertz CT molecular complexity index is 1050. The van der Waals surface area contributed by atoms with Gasteiger partial charge in [-0.15, -0.1) is 0 Å². The van der Waals surface area contributed by atoms with Gasteiger partial charge in [0.15, 0.2) is 0 Å². The van der Waals surface area contributed by atoms with E-state index in [0.29, 0.717) is 28.9 Å². The number of aromatic nitrogens is 1. The highest BCUT2D eigenvalue weighted by Crippen LogP contribution is 2.35. The standard InChI is InChI=1S/C20H21ClN2O2S/c1-14-4-2-3-5-20(14)26(24,25)23-10-8-15(9-11-23)18-13-22-19-12-16(21)6-7-17(18)19/h2-7,12-13,15,22H,8-11H2,1H3. The summed E-state index contributed by atoms with van der Waals surface area (Å²) in [5.41, 5.74) is 3.08. The Labute approximate surface area is 158 Å². The van der Waals surface area contributed by atoms with Crippen molar-refractivity contribution in [3.63, 3.8) is 0 Å². The molecule has 1 N–H and O–H groups in total. The minimum Gasteiger partial charge on any atom is -0.361 e. The molecule has 4 nitrogen and oxygen atoms in total. The second-order valence-electron chi connectivity index (χ2n) is 6.88. The molecule has 0 aliphatic carbocycles. The number of piperidine rings is 1. The number of hydrogen-bond acceptors (Lipinski definition) is 2. The highest BCUT2D eigenvalue weighted by Gasteiger charge is 2.31. The maximum absolute atomic E-state index is 13.0. The Morgan fingerprint density at radius 2 is 1.85 bits per heavy atom. The van der Waals surface area contributed by atoms with E-state index in [9.17, 15) is 8.42 Å². The Balaban J connectivity index is 1.54. The fourth-order valence-corrected chi connectivity index (χ4v) is 5.72. The molecule has 136 valence electrons. The van der Waals surface area contributed by atoms with Crippen LogP contribution in [0.5, 0.6) is 0 Å². The van der Waals surface area contributed by atoms with Crippen LogP contribution in [0.1, 0.15) is 29.9 Å². The quantitative estimate of drug-likeness (QED) is 0.707. The highest BCUT2D eigenvalue weighted by molar-refractivity contribution is 7.89.